The minimum absolute atomic E-state index is 0.114. The minimum Gasteiger partial charge on any atom is -0.453 e. The first-order valence-electron chi connectivity index (χ1n) is 20.4. The predicted molar refractivity (Wildman–Crippen MR) is 226 cm³/mol. The Morgan fingerprint density at radius 3 is 2.12 bits per heavy atom. The summed E-state index contributed by atoms with van der Waals surface area (Å²) in [4.78, 5) is 75.0. The summed E-state index contributed by atoms with van der Waals surface area (Å²) in [6.45, 7) is 14.7. The number of H-pyrrole nitrogens is 3. The normalized spacial score (nSPS) is 15.6. The van der Waals surface area contributed by atoms with Gasteiger partial charge in [-0.15, -0.1) is 0 Å². The predicted octanol–water partition coefficient (Wildman–Crippen LogP) is 7.65. The molecule has 2 aromatic carbocycles. The number of rotatable bonds is 14. The summed E-state index contributed by atoms with van der Waals surface area (Å²) < 4.78 is 9.57. The number of fused-ring (bicyclic) bond motifs is 1. The van der Waals surface area contributed by atoms with E-state index in [1.54, 1.807) is 17.3 Å². The van der Waals surface area contributed by atoms with Crippen LogP contribution >= 0.6 is 0 Å². The molecule has 1 fully saturated rings. The average Bonchev–Trinajstić information content (AvgIpc) is 4.07. The summed E-state index contributed by atoms with van der Waals surface area (Å²) in [5.74, 6) is 0.757. The summed E-state index contributed by atoms with van der Waals surface area (Å²) in [7, 11) is 2.57. The number of aryl methyl sites for hydroxylation is 1. The van der Waals surface area contributed by atoms with Crippen LogP contribution in [0.3, 0.4) is 0 Å². The molecule has 0 saturated carbocycles. The van der Waals surface area contributed by atoms with Gasteiger partial charge in [-0.05, 0) is 67.2 Å². The van der Waals surface area contributed by atoms with Crippen LogP contribution in [0.25, 0.3) is 44.5 Å². The van der Waals surface area contributed by atoms with Crippen LogP contribution in [0.15, 0.2) is 55.0 Å². The van der Waals surface area contributed by atoms with Crippen molar-refractivity contribution in [2.75, 3.05) is 27.3 Å². The van der Waals surface area contributed by atoms with Crippen LogP contribution in [0, 0.1) is 18.8 Å². The maximum absolute atomic E-state index is 13.8. The number of amides is 4. The number of alkyl carbamates (subject to hydrolysis) is 2. The molecule has 0 radical (unpaired) electrons. The van der Waals surface area contributed by atoms with Gasteiger partial charge >= 0.3 is 12.2 Å². The molecule has 4 atom stereocenters. The highest BCUT2D eigenvalue weighted by Crippen LogP contribution is 2.38. The summed E-state index contributed by atoms with van der Waals surface area (Å²) in [6, 6.07) is 10.5. The Morgan fingerprint density at radius 2 is 1.47 bits per heavy atom. The molecule has 5 N–H and O–H groups in total. The van der Waals surface area contributed by atoms with E-state index < -0.39 is 24.3 Å². The Hall–Kier alpha value is -6.12. The zero-order valence-corrected chi connectivity index (χ0v) is 35.4. The Kier molecular flexibility index (Phi) is 13.1. The molecule has 59 heavy (non-hydrogen) atoms. The van der Waals surface area contributed by atoms with Gasteiger partial charge < -0.3 is 44.9 Å². The SMILES string of the molecule is CCCN(C(=O)C(NC(=O)OC)C(C)C)C(C)c1ncc(-c2ccc(-c3ccc(-c4cnc(C5CCCN5C(=O)C(NC(=O)OC)C(C)C)[nH]4)cc3)c3c(C)c[nH]c23)[nH]1. The Morgan fingerprint density at radius 1 is 0.847 bits per heavy atom. The number of nitrogens with zero attached hydrogens (tertiary/aromatic N) is 4. The Labute approximate surface area is 345 Å². The number of likely N-dealkylation sites (tertiary alicyclic amines) is 1. The third-order valence-electron chi connectivity index (χ3n) is 11.3. The number of hydrogen-bond donors (Lipinski definition) is 5. The van der Waals surface area contributed by atoms with Crippen LogP contribution in [0.2, 0.25) is 0 Å². The monoisotopic (exact) mass is 807 g/mol. The largest absolute Gasteiger partial charge is 0.453 e. The number of aromatic nitrogens is 5. The van der Waals surface area contributed by atoms with Crippen molar-refractivity contribution in [3.63, 3.8) is 0 Å². The van der Waals surface area contributed by atoms with E-state index in [-0.39, 0.29) is 35.7 Å². The highest BCUT2D eigenvalue weighted by molar-refractivity contribution is 6.04. The molecule has 15 nitrogen and oxygen atoms in total. The molecule has 1 saturated heterocycles. The molecule has 4 heterocycles. The maximum Gasteiger partial charge on any atom is 0.407 e. The van der Waals surface area contributed by atoms with Crippen molar-refractivity contribution in [2.24, 2.45) is 11.8 Å². The van der Waals surface area contributed by atoms with Gasteiger partial charge in [0.25, 0.3) is 0 Å². The summed E-state index contributed by atoms with van der Waals surface area (Å²) in [5.41, 5.74) is 7.76. The lowest BCUT2D eigenvalue weighted by atomic mass is 9.95. The van der Waals surface area contributed by atoms with Gasteiger partial charge in [-0.2, -0.15) is 0 Å². The van der Waals surface area contributed by atoms with Crippen molar-refractivity contribution in [3.8, 4) is 33.6 Å². The van der Waals surface area contributed by atoms with Crippen LogP contribution in [0.5, 0.6) is 0 Å². The molecule has 15 heteroatoms. The molecule has 3 aromatic heterocycles. The fourth-order valence-corrected chi connectivity index (χ4v) is 8.00. The lowest BCUT2D eigenvalue weighted by Crippen LogP contribution is -2.52. The van der Waals surface area contributed by atoms with E-state index in [2.05, 4.69) is 68.9 Å². The van der Waals surface area contributed by atoms with Gasteiger partial charge in [-0.1, -0.05) is 71.0 Å². The number of ether oxygens (including phenoxy) is 2. The van der Waals surface area contributed by atoms with Crippen molar-refractivity contribution in [1.29, 1.82) is 0 Å². The van der Waals surface area contributed by atoms with E-state index in [1.807, 2.05) is 52.6 Å². The summed E-state index contributed by atoms with van der Waals surface area (Å²) >= 11 is 0. The highest BCUT2D eigenvalue weighted by Gasteiger charge is 2.38. The number of imidazole rings is 2. The first kappa shape index (κ1) is 42.5. The first-order chi connectivity index (χ1) is 28.3. The fourth-order valence-electron chi connectivity index (χ4n) is 8.00. The van der Waals surface area contributed by atoms with E-state index in [0.717, 1.165) is 69.4 Å². The smallest absolute Gasteiger partial charge is 0.407 e. The molecule has 0 bridgehead atoms. The number of hydrogen-bond acceptors (Lipinski definition) is 8. The van der Waals surface area contributed by atoms with Crippen LogP contribution in [0.4, 0.5) is 9.59 Å². The van der Waals surface area contributed by atoms with E-state index >= 15 is 0 Å². The lowest BCUT2D eigenvalue weighted by Gasteiger charge is -2.33. The van der Waals surface area contributed by atoms with Gasteiger partial charge in [-0.25, -0.2) is 19.6 Å². The van der Waals surface area contributed by atoms with Crippen molar-refractivity contribution >= 4 is 34.9 Å². The van der Waals surface area contributed by atoms with E-state index in [1.165, 1.54) is 14.2 Å². The van der Waals surface area contributed by atoms with Crippen LogP contribution < -0.4 is 10.6 Å². The van der Waals surface area contributed by atoms with Crippen LogP contribution in [-0.4, -0.2) is 98.1 Å². The second kappa shape index (κ2) is 18.2. The van der Waals surface area contributed by atoms with Crippen LogP contribution in [-0.2, 0) is 19.1 Å². The topological polar surface area (TPSA) is 190 Å². The number of aromatic amines is 3. The average molecular weight is 808 g/mol. The van der Waals surface area contributed by atoms with E-state index in [9.17, 15) is 19.2 Å². The fraction of sp³-hybridized carbons (Fsp3) is 0.455. The molecule has 6 rings (SSSR count). The van der Waals surface area contributed by atoms with Crippen molar-refractivity contribution < 1.29 is 28.7 Å². The first-order valence-corrected chi connectivity index (χ1v) is 20.4. The standard InChI is InChI=1S/C44H57N9O6/c1-10-19-52(41(54)36(24(2)3)50-43(56)58-8)27(7)39-46-23-33(49-39)31-18-17-30(35-26(6)21-45-38(31)35)28-13-15-29(16-14-28)32-22-47-40(48-32)34-12-11-20-53(34)42(55)37(25(4)5)51-44(57)59-9/h13-18,21-25,27,34,36-37,45H,10-12,19-20H2,1-9H3,(H,46,49)(H,47,48)(H,50,56)(H,51,57). The van der Waals surface area contributed by atoms with Crippen molar-refractivity contribution in [1.82, 2.24) is 45.4 Å². The number of methoxy groups -OCH3 is 2. The lowest BCUT2D eigenvalue weighted by molar-refractivity contribution is -0.137. The molecule has 1 aliphatic rings. The maximum atomic E-state index is 13.8. The number of carbonyl (C=O) groups excluding carboxylic acids is 4. The Balaban J connectivity index is 1.22. The van der Waals surface area contributed by atoms with Crippen LogP contribution in [0.1, 0.15) is 90.1 Å². The van der Waals surface area contributed by atoms with Gasteiger partial charge in [0.05, 0.1) is 55.6 Å². The molecule has 0 spiro atoms. The second-order valence-corrected chi connectivity index (χ2v) is 15.9. The number of carbonyl (C=O) groups is 4. The third-order valence-corrected chi connectivity index (χ3v) is 11.3. The zero-order chi connectivity index (χ0) is 42.5. The molecule has 4 amide bonds. The van der Waals surface area contributed by atoms with Gasteiger partial charge in [0.1, 0.15) is 23.7 Å². The van der Waals surface area contributed by atoms with Gasteiger partial charge in [0, 0.05) is 30.2 Å². The molecule has 1 aliphatic heterocycles. The van der Waals surface area contributed by atoms with Gasteiger partial charge in [-0.3, -0.25) is 9.59 Å². The molecule has 314 valence electrons. The molecule has 5 aromatic rings. The quantitative estimate of drug-likeness (QED) is 0.0756. The molecule has 4 unspecified atom stereocenters. The van der Waals surface area contributed by atoms with Gasteiger partial charge in [0.15, 0.2) is 0 Å². The summed E-state index contributed by atoms with van der Waals surface area (Å²) in [6.07, 6.45) is 6.68. The highest BCUT2D eigenvalue weighted by atomic mass is 16.5. The van der Waals surface area contributed by atoms with E-state index in [4.69, 9.17) is 19.4 Å². The van der Waals surface area contributed by atoms with Gasteiger partial charge in [0.2, 0.25) is 11.8 Å². The zero-order valence-electron chi connectivity index (χ0n) is 35.4. The number of nitrogens with one attached hydrogen (secondary N) is 5. The van der Waals surface area contributed by atoms with E-state index in [0.29, 0.717) is 24.7 Å². The molecular formula is C44H57N9O6. The third kappa shape index (κ3) is 8.83. The summed E-state index contributed by atoms with van der Waals surface area (Å²) in [5, 5.41) is 6.50. The molecule has 0 aliphatic carbocycles. The minimum atomic E-state index is -0.743. The number of benzene rings is 2. The molecular weight excluding hydrogens is 751 g/mol. The van der Waals surface area contributed by atoms with Crippen molar-refractivity contribution in [3.05, 3.63) is 72.2 Å². The second-order valence-electron chi connectivity index (χ2n) is 15.9. The Bertz CT molecular complexity index is 2270. The van der Waals surface area contributed by atoms with Crippen molar-refractivity contribution in [2.45, 2.75) is 91.9 Å².